The third-order valence-electron chi connectivity index (χ3n) is 5.34. The lowest BCUT2D eigenvalue weighted by Gasteiger charge is -2.38. The Kier molecular flexibility index (Phi) is 6.72. The number of carbonyl (C=O) groups is 1. The molecule has 1 amide bonds. The summed E-state index contributed by atoms with van der Waals surface area (Å²) in [5.41, 5.74) is 0.650. The summed E-state index contributed by atoms with van der Waals surface area (Å²) in [5, 5.41) is 2.82. The zero-order chi connectivity index (χ0) is 21.8. The van der Waals surface area contributed by atoms with Crippen LogP contribution < -0.4 is 9.62 Å². The first-order chi connectivity index (χ1) is 14.2. The minimum absolute atomic E-state index is 0.115. The minimum Gasteiger partial charge on any atom is -0.381 e. The lowest BCUT2D eigenvalue weighted by Crippen LogP contribution is -2.47. The monoisotopic (exact) mass is 438 g/mol. The molecule has 1 saturated heterocycles. The van der Waals surface area contributed by atoms with Gasteiger partial charge in [0.1, 0.15) is 6.54 Å². The molecule has 6 nitrogen and oxygen atoms in total. The van der Waals surface area contributed by atoms with Crippen molar-refractivity contribution in [3.8, 4) is 0 Å². The van der Waals surface area contributed by atoms with E-state index in [1.807, 2.05) is 30.3 Å². The molecule has 0 bridgehead atoms. The maximum absolute atomic E-state index is 13.6. The first-order valence-electron chi connectivity index (χ1n) is 9.54. The molecule has 2 aromatic carbocycles. The smallest absolute Gasteiger partial charge is 0.240 e. The number of halogens is 2. The number of hydrogen-bond donors (Lipinski definition) is 1. The molecule has 9 heteroatoms. The van der Waals surface area contributed by atoms with Gasteiger partial charge in [0.25, 0.3) is 0 Å². The Morgan fingerprint density at radius 3 is 2.37 bits per heavy atom. The first kappa shape index (κ1) is 22.2. The van der Waals surface area contributed by atoms with Crippen LogP contribution in [0.4, 0.5) is 14.5 Å². The molecule has 2 aromatic rings. The molecule has 0 atom stereocenters. The third kappa shape index (κ3) is 5.14. The van der Waals surface area contributed by atoms with Crippen LogP contribution in [0, 0.1) is 11.6 Å². The van der Waals surface area contributed by atoms with Gasteiger partial charge < -0.3 is 10.1 Å². The van der Waals surface area contributed by atoms with Crippen LogP contribution in [0.5, 0.6) is 0 Å². The first-order valence-corrected chi connectivity index (χ1v) is 11.4. The Morgan fingerprint density at radius 1 is 1.10 bits per heavy atom. The molecule has 1 heterocycles. The van der Waals surface area contributed by atoms with Crippen molar-refractivity contribution in [3.05, 3.63) is 65.7 Å². The Labute approximate surface area is 174 Å². The van der Waals surface area contributed by atoms with Gasteiger partial charge in [0.15, 0.2) is 11.6 Å². The highest BCUT2D eigenvalue weighted by Crippen LogP contribution is 2.34. The van der Waals surface area contributed by atoms with Crippen molar-refractivity contribution in [2.45, 2.75) is 18.3 Å². The average Bonchev–Trinajstić information content (AvgIpc) is 2.73. The molecule has 3 rings (SSSR count). The largest absolute Gasteiger partial charge is 0.381 e. The predicted molar refractivity (Wildman–Crippen MR) is 110 cm³/mol. The number of carbonyl (C=O) groups excluding carboxylic acids is 1. The van der Waals surface area contributed by atoms with Crippen molar-refractivity contribution >= 4 is 21.6 Å². The Morgan fingerprint density at radius 2 is 1.77 bits per heavy atom. The summed E-state index contributed by atoms with van der Waals surface area (Å²) < 4.78 is 57.4. The minimum atomic E-state index is -3.89. The van der Waals surface area contributed by atoms with E-state index in [0.717, 1.165) is 47.2 Å². The maximum Gasteiger partial charge on any atom is 0.240 e. The summed E-state index contributed by atoms with van der Waals surface area (Å²) in [7, 11) is -3.89. The number of benzene rings is 2. The van der Waals surface area contributed by atoms with Crippen LogP contribution in [-0.2, 0) is 25.0 Å². The summed E-state index contributed by atoms with van der Waals surface area (Å²) in [4.78, 5) is 12.6. The normalized spacial score (nSPS) is 16.1. The second-order valence-electron chi connectivity index (χ2n) is 7.40. The topological polar surface area (TPSA) is 75.7 Å². The lowest BCUT2D eigenvalue weighted by atomic mass is 9.74. The van der Waals surface area contributed by atoms with E-state index in [1.165, 1.54) is 0 Å². The van der Waals surface area contributed by atoms with Crippen molar-refractivity contribution in [1.29, 1.82) is 0 Å². The van der Waals surface area contributed by atoms with Crippen LogP contribution in [0.3, 0.4) is 0 Å². The Balaban J connectivity index is 1.75. The van der Waals surface area contributed by atoms with E-state index in [0.29, 0.717) is 19.8 Å². The van der Waals surface area contributed by atoms with Crippen LogP contribution in [-0.4, -0.2) is 46.9 Å². The summed E-state index contributed by atoms with van der Waals surface area (Å²) in [6.07, 6.45) is 2.35. The highest BCUT2D eigenvalue weighted by molar-refractivity contribution is 7.92. The van der Waals surface area contributed by atoms with Gasteiger partial charge in [-0.05, 0) is 30.5 Å². The molecule has 1 fully saturated rings. The van der Waals surface area contributed by atoms with E-state index < -0.39 is 34.1 Å². The molecule has 0 saturated carbocycles. The number of hydrogen-bond acceptors (Lipinski definition) is 4. The highest BCUT2D eigenvalue weighted by Gasteiger charge is 2.35. The zero-order valence-electron chi connectivity index (χ0n) is 16.6. The average molecular weight is 438 g/mol. The SMILES string of the molecule is CS(=O)(=O)N(CC(=O)NCC1(c2ccccc2)CCOCC1)c1ccc(F)c(F)c1. The lowest BCUT2D eigenvalue weighted by molar-refractivity contribution is -0.120. The van der Waals surface area contributed by atoms with Crippen LogP contribution >= 0.6 is 0 Å². The van der Waals surface area contributed by atoms with Gasteiger partial charge in [0.05, 0.1) is 11.9 Å². The zero-order valence-corrected chi connectivity index (χ0v) is 17.4. The number of nitrogens with zero attached hydrogens (tertiary/aromatic N) is 1. The van der Waals surface area contributed by atoms with Gasteiger partial charge in [-0.15, -0.1) is 0 Å². The molecule has 1 aliphatic heterocycles. The molecular weight excluding hydrogens is 414 g/mol. The van der Waals surface area contributed by atoms with Crippen LogP contribution in [0.15, 0.2) is 48.5 Å². The van der Waals surface area contributed by atoms with Crippen LogP contribution in [0.1, 0.15) is 18.4 Å². The van der Waals surface area contributed by atoms with E-state index in [-0.39, 0.29) is 11.1 Å². The molecule has 1 aliphatic rings. The second-order valence-corrected chi connectivity index (χ2v) is 9.31. The van der Waals surface area contributed by atoms with Crippen molar-refractivity contribution in [1.82, 2.24) is 5.32 Å². The van der Waals surface area contributed by atoms with Crippen molar-refractivity contribution in [2.75, 3.05) is 36.9 Å². The van der Waals surface area contributed by atoms with Gasteiger partial charge >= 0.3 is 0 Å². The molecule has 0 aromatic heterocycles. The van der Waals surface area contributed by atoms with Gasteiger partial charge in [-0.3, -0.25) is 9.10 Å². The molecule has 1 N–H and O–H groups in total. The molecule has 0 spiro atoms. The van der Waals surface area contributed by atoms with Crippen molar-refractivity contribution in [3.63, 3.8) is 0 Å². The standard InChI is InChI=1S/C21H24F2N2O4S/c1-30(27,28)25(17-7-8-18(22)19(23)13-17)14-20(26)24-15-21(9-11-29-12-10-21)16-5-3-2-4-6-16/h2-8,13H,9-12,14-15H2,1H3,(H,24,26). The fraction of sp³-hybridized carbons (Fsp3) is 0.381. The predicted octanol–water partition coefficient (Wildman–Crippen LogP) is 2.60. The molecule has 0 radical (unpaired) electrons. The number of sulfonamides is 1. The summed E-state index contributed by atoms with van der Waals surface area (Å²) >= 11 is 0. The van der Waals surface area contributed by atoms with Crippen molar-refractivity contribution < 1.29 is 26.7 Å². The quantitative estimate of drug-likeness (QED) is 0.721. The van der Waals surface area contributed by atoms with Gasteiger partial charge in [-0.25, -0.2) is 17.2 Å². The Bertz CT molecular complexity index is 993. The van der Waals surface area contributed by atoms with E-state index in [2.05, 4.69) is 5.32 Å². The van der Waals surface area contributed by atoms with Gasteiger partial charge in [-0.1, -0.05) is 30.3 Å². The molecule has 0 unspecified atom stereocenters. The number of rotatable bonds is 7. The van der Waals surface area contributed by atoms with E-state index >= 15 is 0 Å². The molecular formula is C21H24F2N2O4S. The molecule has 162 valence electrons. The number of nitrogens with one attached hydrogen (secondary N) is 1. The number of ether oxygens (including phenoxy) is 1. The van der Waals surface area contributed by atoms with Gasteiger partial charge in [0, 0.05) is 31.2 Å². The fourth-order valence-corrected chi connectivity index (χ4v) is 4.46. The third-order valence-corrected chi connectivity index (χ3v) is 6.48. The highest BCUT2D eigenvalue weighted by atomic mass is 32.2. The maximum atomic E-state index is 13.6. The van der Waals surface area contributed by atoms with Crippen LogP contribution in [0.2, 0.25) is 0 Å². The van der Waals surface area contributed by atoms with E-state index in [1.54, 1.807) is 0 Å². The van der Waals surface area contributed by atoms with Crippen LogP contribution in [0.25, 0.3) is 0 Å². The summed E-state index contributed by atoms with van der Waals surface area (Å²) in [6.45, 7) is 0.907. The number of amides is 1. The van der Waals surface area contributed by atoms with Gasteiger partial charge in [0.2, 0.25) is 15.9 Å². The summed E-state index contributed by atoms with van der Waals surface area (Å²) in [6, 6.07) is 12.5. The Hall–Kier alpha value is -2.52. The van der Waals surface area contributed by atoms with Crippen molar-refractivity contribution in [2.24, 2.45) is 0 Å². The summed E-state index contributed by atoms with van der Waals surface area (Å²) in [5.74, 6) is -2.82. The molecule has 30 heavy (non-hydrogen) atoms. The second kappa shape index (κ2) is 9.09. The fourth-order valence-electron chi connectivity index (χ4n) is 3.62. The van der Waals surface area contributed by atoms with Gasteiger partial charge in [-0.2, -0.15) is 0 Å². The van der Waals surface area contributed by atoms with E-state index in [4.69, 9.17) is 4.74 Å². The number of anilines is 1. The van der Waals surface area contributed by atoms with E-state index in [9.17, 15) is 22.0 Å². The molecule has 0 aliphatic carbocycles.